The lowest BCUT2D eigenvalue weighted by Crippen LogP contribution is -2.50. The summed E-state index contributed by atoms with van der Waals surface area (Å²) in [5, 5.41) is 12.3. The zero-order chi connectivity index (χ0) is 13.7. The highest BCUT2D eigenvalue weighted by Crippen LogP contribution is 2.12. The minimum atomic E-state index is -0.434. The highest BCUT2D eigenvalue weighted by molar-refractivity contribution is 7.08. The van der Waals surface area contributed by atoms with Crippen LogP contribution in [-0.2, 0) is 4.74 Å². The minimum Gasteiger partial charge on any atom is -0.447 e. The van der Waals surface area contributed by atoms with Crippen molar-refractivity contribution in [3.05, 3.63) is 22.4 Å². The normalized spacial score (nSPS) is 15.4. The van der Waals surface area contributed by atoms with Crippen LogP contribution >= 0.6 is 11.3 Å². The second-order valence-corrected chi connectivity index (χ2v) is 4.91. The molecule has 1 saturated heterocycles. The van der Waals surface area contributed by atoms with E-state index in [1.807, 2.05) is 10.8 Å². The van der Waals surface area contributed by atoms with Crippen LogP contribution < -0.4 is 0 Å². The second kappa shape index (κ2) is 6.53. The van der Waals surface area contributed by atoms with Gasteiger partial charge in [0.1, 0.15) is 6.61 Å². The summed E-state index contributed by atoms with van der Waals surface area (Å²) >= 11 is 1.49. The molecule has 0 atom stereocenters. The van der Waals surface area contributed by atoms with E-state index in [1.165, 1.54) is 11.3 Å². The van der Waals surface area contributed by atoms with Gasteiger partial charge in [0.15, 0.2) is 0 Å². The summed E-state index contributed by atoms with van der Waals surface area (Å²) in [5.74, 6) is 0.00428. The largest absolute Gasteiger partial charge is 0.447 e. The average Bonchev–Trinajstić information content (AvgIpc) is 2.98. The fourth-order valence-electron chi connectivity index (χ4n) is 1.89. The van der Waals surface area contributed by atoms with E-state index in [9.17, 15) is 9.59 Å². The van der Waals surface area contributed by atoms with Gasteiger partial charge < -0.3 is 19.6 Å². The van der Waals surface area contributed by atoms with E-state index < -0.39 is 6.09 Å². The van der Waals surface area contributed by atoms with Gasteiger partial charge in [-0.1, -0.05) is 0 Å². The van der Waals surface area contributed by atoms with Crippen molar-refractivity contribution in [1.82, 2.24) is 9.80 Å². The smallest absolute Gasteiger partial charge is 0.409 e. The highest BCUT2D eigenvalue weighted by atomic mass is 32.1. The van der Waals surface area contributed by atoms with Crippen LogP contribution in [0.25, 0.3) is 0 Å². The highest BCUT2D eigenvalue weighted by Gasteiger charge is 2.25. The van der Waals surface area contributed by atoms with Crippen LogP contribution in [0.4, 0.5) is 4.79 Å². The topological polar surface area (TPSA) is 70.1 Å². The summed E-state index contributed by atoms with van der Waals surface area (Å²) in [6, 6.07) is 1.80. The van der Waals surface area contributed by atoms with E-state index in [1.54, 1.807) is 15.9 Å². The molecule has 0 aliphatic carbocycles. The Bertz CT molecular complexity index is 427. The maximum absolute atomic E-state index is 12.1. The third-order valence-corrected chi connectivity index (χ3v) is 3.59. The molecule has 0 bridgehead atoms. The van der Waals surface area contributed by atoms with Crippen LogP contribution in [0, 0.1) is 0 Å². The molecular formula is C12H16N2O4S. The van der Waals surface area contributed by atoms with E-state index in [-0.39, 0.29) is 19.1 Å². The Hall–Kier alpha value is -1.60. The molecule has 0 aromatic carbocycles. The number of rotatable bonds is 3. The first-order chi connectivity index (χ1) is 9.22. The predicted octanol–water partition coefficient (Wildman–Crippen LogP) is 0.635. The van der Waals surface area contributed by atoms with Gasteiger partial charge >= 0.3 is 6.09 Å². The standard InChI is InChI=1S/C12H16N2O4S/c15-6-7-18-12(17)14-4-2-13(3-5-14)11(16)10-1-8-19-9-10/h1,8-9,15H,2-7H2. The lowest BCUT2D eigenvalue weighted by atomic mass is 10.2. The van der Waals surface area contributed by atoms with E-state index in [0.29, 0.717) is 31.7 Å². The van der Waals surface area contributed by atoms with E-state index in [2.05, 4.69) is 0 Å². The number of nitrogens with zero attached hydrogens (tertiary/aromatic N) is 2. The third kappa shape index (κ3) is 3.45. The van der Waals surface area contributed by atoms with Crippen LogP contribution in [0.5, 0.6) is 0 Å². The summed E-state index contributed by atoms with van der Waals surface area (Å²) < 4.78 is 4.83. The number of hydrogen-bond acceptors (Lipinski definition) is 5. The number of amides is 2. The molecule has 2 heterocycles. The molecule has 7 heteroatoms. The molecular weight excluding hydrogens is 268 g/mol. The lowest BCUT2D eigenvalue weighted by Gasteiger charge is -2.33. The summed E-state index contributed by atoms with van der Waals surface area (Å²) in [6.07, 6.45) is -0.434. The van der Waals surface area contributed by atoms with Gasteiger partial charge in [-0.15, -0.1) is 0 Å². The van der Waals surface area contributed by atoms with Crippen molar-refractivity contribution < 1.29 is 19.4 Å². The molecule has 0 radical (unpaired) electrons. The predicted molar refractivity (Wildman–Crippen MR) is 70.2 cm³/mol. The van der Waals surface area contributed by atoms with Crippen molar-refractivity contribution in [1.29, 1.82) is 0 Å². The van der Waals surface area contributed by atoms with E-state index in [4.69, 9.17) is 9.84 Å². The van der Waals surface area contributed by atoms with Crippen molar-refractivity contribution in [2.24, 2.45) is 0 Å². The zero-order valence-corrected chi connectivity index (χ0v) is 11.3. The minimum absolute atomic E-state index is 0.00428. The van der Waals surface area contributed by atoms with Crippen molar-refractivity contribution in [3.8, 4) is 0 Å². The van der Waals surface area contributed by atoms with Crippen molar-refractivity contribution in [2.45, 2.75) is 0 Å². The van der Waals surface area contributed by atoms with Crippen LogP contribution in [0.3, 0.4) is 0 Å². The first kappa shape index (κ1) is 13.8. The van der Waals surface area contributed by atoms with Crippen LogP contribution in [0.2, 0.25) is 0 Å². The molecule has 6 nitrogen and oxygen atoms in total. The molecule has 0 saturated carbocycles. The molecule has 0 unspecified atom stereocenters. The van der Waals surface area contributed by atoms with Gasteiger partial charge in [0, 0.05) is 31.6 Å². The SMILES string of the molecule is O=C(OCCO)N1CCN(C(=O)c2ccsc2)CC1. The van der Waals surface area contributed by atoms with Gasteiger partial charge in [0.05, 0.1) is 12.2 Å². The Morgan fingerprint density at radius 2 is 1.95 bits per heavy atom. The Morgan fingerprint density at radius 3 is 2.53 bits per heavy atom. The van der Waals surface area contributed by atoms with Gasteiger partial charge in [0.25, 0.3) is 5.91 Å². The van der Waals surface area contributed by atoms with Crippen molar-refractivity contribution >= 4 is 23.3 Å². The number of aliphatic hydroxyl groups is 1. The fourth-order valence-corrected chi connectivity index (χ4v) is 2.51. The molecule has 1 N–H and O–H groups in total. The fraction of sp³-hybridized carbons (Fsp3) is 0.500. The monoisotopic (exact) mass is 284 g/mol. The van der Waals surface area contributed by atoms with Gasteiger partial charge in [-0.05, 0) is 11.4 Å². The number of carbonyl (C=O) groups is 2. The molecule has 1 aromatic rings. The van der Waals surface area contributed by atoms with Crippen molar-refractivity contribution in [3.63, 3.8) is 0 Å². The Kier molecular flexibility index (Phi) is 4.75. The average molecular weight is 284 g/mol. The number of thiophene rings is 1. The molecule has 104 valence electrons. The number of aliphatic hydroxyl groups excluding tert-OH is 1. The first-order valence-electron chi connectivity index (χ1n) is 6.06. The molecule has 2 rings (SSSR count). The maximum atomic E-state index is 12.1. The van der Waals surface area contributed by atoms with E-state index in [0.717, 1.165) is 0 Å². The molecule has 2 amide bonds. The number of carbonyl (C=O) groups excluding carboxylic acids is 2. The number of piperazine rings is 1. The second-order valence-electron chi connectivity index (χ2n) is 4.13. The maximum Gasteiger partial charge on any atom is 0.409 e. The summed E-state index contributed by atoms with van der Waals surface area (Å²) in [4.78, 5) is 26.9. The number of hydrogen-bond donors (Lipinski definition) is 1. The van der Waals surface area contributed by atoms with Gasteiger partial charge in [-0.2, -0.15) is 11.3 Å². The molecule has 0 spiro atoms. The van der Waals surface area contributed by atoms with Crippen LogP contribution in [0.15, 0.2) is 16.8 Å². The Morgan fingerprint density at radius 1 is 1.26 bits per heavy atom. The number of ether oxygens (including phenoxy) is 1. The van der Waals surface area contributed by atoms with E-state index >= 15 is 0 Å². The van der Waals surface area contributed by atoms with Gasteiger partial charge in [0.2, 0.25) is 0 Å². The third-order valence-electron chi connectivity index (χ3n) is 2.91. The molecule has 1 fully saturated rings. The Labute approximate surface area is 115 Å². The van der Waals surface area contributed by atoms with Crippen LogP contribution in [-0.4, -0.2) is 66.3 Å². The molecule has 1 aromatic heterocycles. The molecule has 1 aliphatic heterocycles. The summed E-state index contributed by atoms with van der Waals surface area (Å²) in [5.41, 5.74) is 0.696. The first-order valence-corrected chi connectivity index (χ1v) is 7.00. The summed E-state index contributed by atoms with van der Waals surface area (Å²) in [6.45, 7) is 1.75. The Balaban J connectivity index is 1.82. The van der Waals surface area contributed by atoms with Gasteiger partial charge in [-0.3, -0.25) is 4.79 Å². The molecule has 1 aliphatic rings. The molecule has 19 heavy (non-hydrogen) atoms. The lowest BCUT2D eigenvalue weighted by molar-refractivity contribution is 0.0519. The zero-order valence-electron chi connectivity index (χ0n) is 10.4. The quantitative estimate of drug-likeness (QED) is 0.884. The van der Waals surface area contributed by atoms with Crippen molar-refractivity contribution in [2.75, 3.05) is 39.4 Å². The summed E-state index contributed by atoms with van der Waals surface area (Å²) in [7, 11) is 0. The van der Waals surface area contributed by atoms with Gasteiger partial charge in [-0.25, -0.2) is 4.79 Å². The van der Waals surface area contributed by atoms with Crippen LogP contribution in [0.1, 0.15) is 10.4 Å².